The first-order valence-electron chi connectivity index (χ1n) is 8.54. The smallest absolute Gasteiger partial charge is 0.314 e. The molecule has 1 atom stereocenters. The molecule has 1 aromatic heterocycles. The van der Waals surface area contributed by atoms with Crippen molar-refractivity contribution < 1.29 is 9.90 Å². The molecule has 0 saturated carbocycles. The van der Waals surface area contributed by atoms with Gasteiger partial charge in [-0.3, -0.25) is 0 Å². The Bertz CT molecular complexity index is 689. The normalized spacial score (nSPS) is 13.0. The largest absolute Gasteiger partial charge is 0.393 e. The Hall–Kier alpha value is -2.01. The number of fused-ring (bicyclic) bond motifs is 1. The highest BCUT2D eigenvalue weighted by Crippen LogP contribution is 2.22. The fourth-order valence-electron chi connectivity index (χ4n) is 3.21. The first-order valence-corrected chi connectivity index (χ1v) is 8.54. The van der Waals surface area contributed by atoms with E-state index in [-0.39, 0.29) is 17.6 Å². The minimum absolute atomic E-state index is 0.126. The lowest BCUT2D eigenvalue weighted by Crippen LogP contribution is -2.42. The van der Waals surface area contributed by atoms with Crippen molar-refractivity contribution in [1.29, 1.82) is 0 Å². The van der Waals surface area contributed by atoms with Crippen molar-refractivity contribution >= 4 is 16.9 Å². The highest BCUT2D eigenvalue weighted by molar-refractivity contribution is 5.84. The van der Waals surface area contributed by atoms with Crippen LogP contribution in [-0.2, 0) is 6.42 Å². The summed E-state index contributed by atoms with van der Waals surface area (Å²) in [4.78, 5) is 15.3. The van der Waals surface area contributed by atoms with Crippen LogP contribution in [0.4, 0.5) is 4.79 Å². The molecule has 0 aliphatic heterocycles. The van der Waals surface area contributed by atoms with E-state index in [1.807, 2.05) is 26.0 Å². The maximum Gasteiger partial charge on any atom is 0.314 e. The van der Waals surface area contributed by atoms with E-state index in [2.05, 4.69) is 34.7 Å². The number of carbonyl (C=O) groups excluding carboxylic acids is 1. The number of amides is 2. The fourth-order valence-corrected chi connectivity index (χ4v) is 3.21. The predicted octanol–water partition coefficient (Wildman–Crippen LogP) is 3.12. The van der Waals surface area contributed by atoms with Gasteiger partial charge in [0.05, 0.1) is 6.10 Å². The number of nitrogens with one attached hydrogen (secondary N) is 3. The minimum atomic E-state index is -0.366. The van der Waals surface area contributed by atoms with Gasteiger partial charge in [0, 0.05) is 29.7 Å². The number of aryl methyl sites for hydroxylation is 1. The number of urea groups is 1. The number of aliphatic hydroxyl groups excluding tert-OH is 1. The molecule has 0 spiro atoms. The van der Waals surface area contributed by atoms with Crippen molar-refractivity contribution in [3.05, 3.63) is 35.5 Å². The summed E-state index contributed by atoms with van der Waals surface area (Å²) in [5, 5.41) is 16.5. The second-order valence-electron chi connectivity index (χ2n) is 7.35. The van der Waals surface area contributed by atoms with Crippen LogP contribution < -0.4 is 10.6 Å². The summed E-state index contributed by atoms with van der Waals surface area (Å²) in [5.74, 6) is 0. The second kappa shape index (κ2) is 7.71. The highest BCUT2D eigenvalue weighted by Gasteiger charge is 2.21. The quantitative estimate of drug-likeness (QED) is 0.629. The van der Waals surface area contributed by atoms with Gasteiger partial charge in [-0.05, 0) is 43.7 Å². The van der Waals surface area contributed by atoms with E-state index >= 15 is 0 Å². The molecule has 0 aliphatic rings. The maximum atomic E-state index is 12.0. The van der Waals surface area contributed by atoms with E-state index in [0.717, 1.165) is 17.6 Å². The maximum absolute atomic E-state index is 12.0. The number of aliphatic hydroxyl groups is 1. The molecule has 5 nitrogen and oxygen atoms in total. The zero-order chi connectivity index (χ0) is 17.7. The molecule has 4 N–H and O–H groups in total. The van der Waals surface area contributed by atoms with Gasteiger partial charge in [0.2, 0.25) is 0 Å². The highest BCUT2D eigenvalue weighted by atomic mass is 16.3. The van der Waals surface area contributed by atoms with Gasteiger partial charge in [-0.2, -0.15) is 0 Å². The number of hydrogen-bond donors (Lipinski definition) is 4. The van der Waals surface area contributed by atoms with Gasteiger partial charge < -0.3 is 20.7 Å². The Kier molecular flexibility index (Phi) is 5.89. The van der Waals surface area contributed by atoms with E-state index in [1.165, 1.54) is 10.9 Å². The van der Waals surface area contributed by atoms with Crippen LogP contribution in [0, 0.1) is 12.3 Å². The Labute approximate surface area is 143 Å². The average Bonchev–Trinajstić information content (AvgIpc) is 2.80. The summed E-state index contributed by atoms with van der Waals surface area (Å²) in [6.07, 6.45) is 1.08. The van der Waals surface area contributed by atoms with E-state index in [0.29, 0.717) is 19.5 Å². The van der Waals surface area contributed by atoms with Gasteiger partial charge >= 0.3 is 6.03 Å². The number of carbonyl (C=O) groups is 1. The monoisotopic (exact) mass is 331 g/mol. The number of hydrogen-bond acceptors (Lipinski definition) is 2. The number of aromatic nitrogens is 1. The zero-order valence-electron chi connectivity index (χ0n) is 15.1. The second-order valence-corrected chi connectivity index (χ2v) is 7.35. The summed E-state index contributed by atoms with van der Waals surface area (Å²) in [7, 11) is 0. The van der Waals surface area contributed by atoms with E-state index in [1.54, 1.807) is 6.92 Å². The van der Waals surface area contributed by atoms with Crippen molar-refractivity contribution in [3.63, 3.8) is 0 Å². The minimum Gasteiger partial charge on any atom is -0.393 e. The van der Waals surface area contributed by atoms with Crippen LogP contribution in [0.25, 0.3) is 10.9 Å². The molecule has 24 heavy (non-hydrogen) atoms. The molecule has 1 unspecified atom stereocenters. The van der Waals surface area contributed by atoms with Crippen LogP contribution >= 0.6 is 0 Å². The summed E-state index contributed by atoms with van der Waals surface area (Å²) in [6, 6.07) is 8.06. The Morgan fingerprint density at radius 1 is 1.29 bits per heavy atom. The summed E-state index contributed by atoms with van der Waals surface area (Å²) < 4.78 is 0. The standard InChI is InChI=1S/C19H29N3O2/c1-13(23)11-19(3,4)12-21-18(24)20-10-9-15-14(2)22-17-8-6-5-7-16(15)17/h5-8,13,22-23H,9-12H2,1-4H3,(H2,20,21,24). The van der Waals surface area contributed by atoms with E-state index in [9.17, 15) is 9.90 Å². The molecule has 0 saturated heterocycles. The number of para-hydroxylation sites is 1. The zero-order valence-corrected chi connectivity index (χ0v) is 15.1. The number of rotatable bonds is 7. The molecule has 0 fully saturated rings. The molecule has 2 aromatic rings. The van der Waals surface area contributed by atoms with Crippen LogP contribution in [0.3, 0.4) is 0 Å². The van der Waals surface area contributed by atoms with Crippen molar-refractivity contribution in [3.8, 4) is 0 Å². The lowest BCUT2D eigenvalue weighted by Gasteiger charge is -2.26. The molecule has 2 rings (SSSR count). The molecule has 132 valence electrons. The third kappa shape index (κ3) is 4.99. The lowest BCUT2D eigenvalue weighted by molar-refractivity contribution is 0.129. The topological polar surface area (TPSA) is 77.2 Å². The summed E-state index contributed by atoms with van der Waals surface area (Å²) in [6.45, 7) is 9.03. The molecular formula is C19H29N3O2. The predicted molar refractivity (Wildman–Crippen MR) is 98.2 cm³/mol. The molecule has 0 aliphatic carbocycles. The van der Waals surface area contributed by atoms with Crippen LogP contribution in [0.2, 0.25) is 0 Å². The van der Waals surface area contributed by atoms with Gasteiger partial charge in [-0.15, -0.1) is 0 Å². The Morgan fingerprint density at radius 3 is 2.71 bits per heavy atom. The molecule has 5 heteroatoms. The summed E-state index contributed by atoms with van der Waals surface area (Å²) >= 11 is 0. The van der Waals surface area contributed by atoms with Crippen molar-refractivity contribution in [2.45, 2.75) is 46.6 Å². The number of aromatic amines is 1. The SMILES string of the molecule is Cc1[nH]c2ccccc2c1CCNC(=O)NCC(C)(C)CC(C)O. The van der Waals surface area contributed by atoms with Gasteiger partial charge in [0.1, 0.15) is 0 Å². The molecule has 2 amide bonds. The van der Waals surface area contributed by atoms with Gasteiger partial charge in [-0.25, -0.2) is 4.79 Å². The third-order valence-electron chi connectivity index (χ3n) is 4.26. The van der Waals surface area contributed by atoms with Crippen molar-refractivity contribution in [1.82, 2.24) is 15.6 Å². The van der Waals surface area contributed by atoms with Gasteiger partial charge in [-0.1, -0.05) is 32.0 Å². The van der Waals surface area contributed by atoms with Gasteiger partial charge in [0.25, 0.3) is 0 Å². The Balaban J connectivity index is 1.81. The third-order valence-corrected chi connectivity index (χ3v) is 4.26. The first-order chi connectivity index (χ1) is 11.3. The first kappa shape index (κ1) is 18.3. The van der Waals surface area contributed by atoms with Crippen LogP contribution in [-0.4, -0.2) is 35.3 Å². The van der Waals surface area contributed by atoms with Crippen LogP contribution in [0.1, 0.15) is 38.4 Å². The average molecular weight is 331 g/mol. The molecular weight excluding hydrogens is 302 g/mol. The summed E-state index contributed by atoms with van der Waals surface area (Å²) in [5.41, 5.74) is 3.41. The van der Waals surface area contributed by atoms with Crippen LogP contribution in [0.5, 0.6) is 0 Å². The lowest BCUT2D eigenvalue weighted by atomic mass is 9.87. The van der Waals surface area contributed by atoms with Crippen molar-refractivity contribution in [2.75, 3.05) is 13.1 Å². The Morgan fingerprint density at radius 2 is 2.00 bits per heavy atom. The van der Waals surface area contributed by atoms with Crippen LogP contribution in [0.15, 0.2) is 24.3 Å². The molecule has 0 radical (unpaired) electrons. The van der Waals surface area contributed by atoms with E-state index < -0.39 is 0 Å². The number of benzene rings is 1. The van der Waals surface area contributed by atoms with E-state index in [4.69, 9.17) is 0 Å². The number of H-pyrrole nitrogens is 1. The molecule has 0 bridgehead atoms. The van der Waals surface area contributed by atoms with Gasteiger partial charge in [0.15, 0.2) is 0 Å². The van der Waals surface area contributed by atoms with Crippen molar-refractivity contribution in [2.24, 2.45) is 5.41 Å². The fraction of sp³-hybridized carbons (Fsp3) is 0.526. The molecule has 1 heterocycles. The molecule has 1 aromatic carbocycles.